The summed E-state index contributed by atoms with van der Waals surface area (Å²) in [5.74, 6) is 0. The lowest BCUT2D eigenvalue weighted by atomic mass is 9.94. The molecule has 2 heteroatoms. The van der Waals surface area contributed by atoms with E-state index in [4.69, 9.17) is 0 Å². The van der Waals surface area contributed by atoms with E-state index in [0.717, 1.165) is 0 Å². The van der Waals surface area contributed by atoms with E-state index >= 15 is 0 Å². The van der Waals surface area contributed by atoms with Crippen LogP contribution in [0.4, 0.5) is 0 Å². The molecule has 0 saturated heterocycles. The van der Waals surface area contributed by atoms with Gasteiger partial charge in [0, 0.05) is 16.5 Å². The van der Waals surface area contributed by atoms with Crippen molar-refractivity contribution in [2.24, 2.45) is 0 Å². The molecule has 1 aliphatic rings. The second-order valence-electron chi connectivity index (χ2n) is 3.71. The standard InChI is InChI=1S/C11H14IN/c1-8-9-5-3-4-6-10(9)11(12)7-13(8)2/h3-6,8,11H,7H2,1-2H3/t8-,11?/m1/s1. The molecule has 70 valence electrons. The van der Waals surface area contributed by atoms with Gasteiger partial charge in [-0.15, -0.1) is 0 Å². The van der Waals surface area contributed by atoms with Crippen LogP contribution >= 0.6 is 22.6 Å². The third-order valence-corrected chi connectivity index (χ3v) is 3.96. The van der Waals surface area contributed by atoms with Crippen molar-refractivity contribution in [3.63, 3.8) is 0 Å². The first kappa shape index (κ1) is 9.46. The monoisotopic (exact) mass is 287 g/mol. The van der Waals surface area contributed by atoms with Gasteiger partial charge in [-0.05, 0) is 25.1 Å². The fourth-order valence-corrected chi connectivity index (χ4v) is 3.11. The van der Waals surface area contributed by atoms with E-state index in [1.807, 2.05) is 0 Å². The summed E-state index contributed by atoms with van der Waals surface area (Å²) in [4.78, 5) is 2.42. The van der Waals surface area contributed by atoms with E-state index in [1.54, 1.807) is 0 Å². The number of hydrogen-bond donors (Lipinski definition) is 0. The van der Waals surface area contributed by atoms with Crippen LogP contribution in [-0.2, 0) is 0 Å². The first-order valence-electron chi connectivity index (χ1n) is 4.63. The molecule has 2 atom stereocenters. The summed E-state index contributed by atoms with van der Waals surface area (Å²) in [5.41, 5.74) is 3.02. The molecule has 1 aliphatic heterocycles. The van der Waals surface area contributed by atoms with Crippen LogP contribution in [0.25, 0.3) is 0 Å². The van der Waals surface area contributed by atoms with Gasteiger partial charge < -0.3 is 0 Å². The van der Waals surface area contributed by atoms with Crippen molar-refractivity contribution in [1.29, 1.82) is 0 Å². The largest absolute Gasteiger partial charge is 0.298 e. The fourth-order valence-electron chi connectivity index (χ4n) is 1.92. The summed E-state index contributed by atoms with van der Waals surface area (Å²) in [5, 5.41) is 0. The molecular weight excluding hydrogens is 273 g/mol. The van der Waals surface area contributed by atoms with Crippen molar-refractivity contribution >= 4 is 22.6 Å². The number of hydrogen-bond acceptors (Lipinski definition) is 1. The van der Waals surface area contributed by atoms with Gasteiger partial charge in [0.1, 0.15) is 0 Å². The van der Waals surface area contributed by atoms with E-state index in [1.165, 1.54) is 17.7 Å². The number of halogens is 1. The molecule has 0 N–H and O–H groups in total. The Kier molecular flexibility index (Phi) is 2.60. The minimum Gasteiger partial charge on any atom is -0.298 e. The molecular formula is C11H14IN. The van der Waals surface area contributed by atoms with Crippen LogP contribution in [0.5, 0.6) is 0 Å². The molecule has 13 heavy (non-hydrogen) atoms. The van der Waals surface area contributed by atoms with Crippen LogP contribution in [0.3, 0.4) is 0 Å². The minimum absolute atomic E-state index is 0.571. The van der Waals surface area contributed by atoms with Crippen LogP contribution in [0, 0.1) is 0 Å². The van der Waals surface area contributed by atoms with Crippen molar-refractivity contribution in [2.75, 3.05) is 13.6 Å². The van der Waals surface area contributed by atoms with Crippen molar-refractivity contribution in [3.8, 4) is 0 Å². The van der Waals surface area contributed by atoms with E-state index < -0.39 is 0 Å². The van der Waals surface area contributed by atoms with Crippen molar-refractivity contribution in [1.82, 2.24) is 4.90 Å². The van der Waals surface area contributed by atoms with Gasteiger partial charge in [-0.25, -0.2) is 0 Å². The lowest BCUT2D eigenvalue weighted by Crippen LogP contribution is -2.31. The van der Waals surface area contributed by atoms with E-state index in [0.29, 0.717) is 9.97 Å². The molecule has 1 unspecified atom stereocenters. The summed E-state index contributed by atoms with van der Waals surface area (Å²) in [6.07, 6.45) is 0. The van der Waals surface area contributed by atoms with Crippen molar-refractivity contribution in [3.05, 3.63) is 35.4 Å². The molecule has 1 nitrogen and oxygen atoms in total. The summed E-state index contributed by atoms with van der Waals surface area (Å²) in [6, 6.07) is 9.36. The number of rotatable bonds is 0. The van der Waals surface area contributed by atoms with E-state index in [2.05, 4.69) is 65.7 Å². The molecule has 2 rings (SSSR count). The number of nitrogens with zero attached hydrogens (tertiary/aromatic N) is 1. The molecule has 0 radical (unpaired) electrons. The fraction of sp³-hybridized carbons (Fsp3) is 0.455. The normalized spacial score (nSPS) is 28.5. The summed E-state index contributed by atoms with van der Waals surface area (Å²) in [6.45, 7) is 3.44. The van der Waals surface area contributed by atoms with Gasteiger partial charge in [-0.1, -0.05) is 46.9 Å². The summed E-state index contributed by atoms with van der Waals surface area (Å²) >= 11 is 2.53. The number of likely N-dealkylation sites (N-methyl/N-ethyl adjacent to an activating group) is 1. The highest BCUT2D eigenvalue weighted by atomic mass is 127. The number of alkyl halides is 1. The predicted octanol–water partition coefficient (Wildman–Crippen LogP) is 3.17. The van der Waals surface area contributed by atoms with Gasteiger partial charge in [0.15, 0.2) is 0 Å². The van der Waals surface area contributed by atoms with E-state index in [-0.39, 0.29) is 0 Å². The van der Waals surface area contributed by atoms with Gasteiger partial charge in [0.2, 0.25) is 0 Å². The van der Waals surface area contributed by atoms with Crippen LogP contribution < -0.4 is 0 Å². The Balaban J connectivity index is 2.47. The Morgan fingerprint density at radius 3 is 2.62 bits per heavy atom. The zero-order valence-corrected chi connectivity index (χ0v) is 10.2. The predicted molar refractivity (Wildman–Crippen MR) is 64.2 cm³/mol. The second-order valence-corrected chi connectivity index (χ2v) is 5.22. The highest BCUT2D eigenvalue weighted by molar-refractivity contribution is 14.1. The second kappa shape index (κ2) is 3.58. The highest BCUT2D eigenvalue weighted by Gasteiger charge is 2.25. The molecule has 0 fully saturated rings. The van der Waals surface area contributed by atoms with Gasteiger partial charge in [0.25, 0.3) is 0 Å². The molecule has 1 aromatic carbocycles. The zero-order chi connectivity index (χ0) is 9.42. The maximum atomic E-state index is 2.53. The van der Waals surface area contributed by atoms with Crippen molar-refractivity contribution in [2.45, 2.75) is 16.9 Å². The average Bonchev–Trinajstić information content (AvgIpc) is 2.15. The Labute approximate surface area is 93.3 Å². The van der Waals surface area contributed by atoms with Crippen LogP contribution in [0.1, 0.15) is 28.0 Å². The molecule has 0 aromatic heterocycles. The van der Waals surface area contributed by atoms with E-state index in [9.17, 15) is 0 Å². The molecule has 0 saturated carbocycles. The van der Waals surface area contributed by atoms with Gasteiger partial charge in [-0.3, -0.25) is 4.90 Å². The summed E-state index contributed by atoms with van der Waals surface area (Å²) < 4.78 is 0.648. The maximum Gasteiger partial charge on any atom is 0.0490 e. The molecule has 1 heterocycles. The lowest BCUT2D eigenvalue weighted by molar-refractivity contribution is 0.248. The smallest absolute Gasteiger partial charge is 0.0490 e. The highest BCUT2D eigenvalue weighted by Crippen LogP contribution is 2.37. The first-order valence-corrected chi connectivity index (χ1v) is 5.88. The van der Waals surface area contributed by atoms with Crippen LogP contribution in [-0.4, -0.2) is 18.5 Å². The van der Waals surface area contributed by atoms with Gasteiger partial charge in [0.05, 0.1) is 0 Å². The molecule has 0 bridgehead atoms. The molecule has 0 aliphatic carbocycles. The molecule has 0 amide bonds. The quantitative estimate of drug-likeness (QED) is 0.523. The number of benzene rings is 1. The Hall–Kier alpha value is -0.0900. The Bertz CT molecular complexity index is 311. The third-order valence-electron chi connectivity index (χ3n) is 2.89. The van der Waals surface area contributed by atoms with Crippen LogP contribution in [0.2, 0.25) is 0 Å². The zero-order valence-electron chi connectivity index (χ0n) is 8.00. The Morgan fingerprint density at radius 2 is 1.92 bits per heavy atom. The SMILES string of the molecule is C[C@@H]1c2ccccc2C(I)CN1C. The minimum atomic E-state index is 0.571. The van der Waals surface area contributed by atoms with Crippen molar-refractivity contribution < 1.29 is 0 Å². The third kappa shape index (κ3) is 1.62. The average molecular weight is 287 g/mol. The number of fused-ring (bicyclic) bond motifs is 1. The lowest BCUT2D eigenvalue weighted by Gasteiger charge is -2.35. The molecule has 1 aromatic rings. The van der Waals surface area contributed by atoms with Gasteiger partial charge in [-0.2, -0.15) is 0 Å². The Morgan fingerprint density at radius 1 is 1.31 bits per heavy atom. The van der Waals surface area contributed by atoms with Gasteiger partial charge >= 0.3 is 0 Å². The topological polar surface area (TPSA) is 3.24 Å². The first-order chi connectivity index (χ1) is 6.20. The van der Waals surface area contributed by atoms with Crippen LogP contribution in [0.15, 0.2) is 24.3 Å². The maximum absolute atomic E-state index is 2.53. The summed E-state index contributed by atoms with van der Waals surface area (Å²) in [7, 11) is 2.20. The molecule has 0 spiro atoms.